The van der Waals surface area contributed by atoms with E-state index in [-0.39, 0.29) is 0 Å². The highest BCUT2D eigenvalue weighted by atomic mass is 14.8. The van der Waals surface area contributed by atoms with Gasteiger partial charge in [-0.1, -0.05) is 6.58 Å². The van der Waals surface area contributed by atoms with Crippen molar-refractivity contribution in [1.82, 2.24) is 5.32 Å². The molecule has 0 rings (SSSR count). The molecule has 0 saturated heterocycles. The molecule has 10 heavy (non-hydrogen) atoms. The molecule has 0 aromatic rings. The molecule has 0 heterocycles. The van der Waals surface area contributed by atoms with Crippen molar-refractivity contribution in [3.8, 4) is 0 Å². The second-order valence-electron chi connectivity index (χ2n) is 1.93. The summed E-state index contributed by atoms with van der Waals surface area (Å²) in [6.45, 7) is 5.60. The van der Waals surface area contributed by atoms with Gasteiger partial charge >= 0.3 is 0 Å². The van der Waals surface area contributed by atoms with E-state index < -0.39 is 0 Å². The maximum Gasteiger partial charge on any atom is 0.0581 e. The lowest BCUT2D eigenvalue weighted by molar-refractivity contribution is 0.993. The molecule has 0 fully saturated rings. The summed E-state index contributed by atoms with van der Waals surface area (Å²) in [5.74, 6) is 0. The molecule has 0 atom stereocenters. The Labute approximate surface area is 62.4 Å². The van der Waals surface area contributed by atoms with E-state index in [1.807, 2.05) is 20.0 Å². The summed E-state index contributed by atoms with van der Waals surface area (Å²) in [4.78, 5) is 3.98. The molecule has 0 bridgehead atoms. The predicted octanol–water partition coefficient (Wildman–Crippen LogP) is 1.37. The van der Waals surface area contributed by atoms with Gasteiger partial charge in [0.1, 0.15) is 0 Å². The van der Waals surface area contributed by atoms with Crippen LogP contribution in [0.2, 0.25) is 0 Å². The van der Waals surface area contributed by atoms with Crippen molar-refractivity contribution >= 4 is 5.71 Å². The highest BCUT2D eigenvalue weighted by Gasteiger charge is 1.85. The molecule has 0 aromatic heterocycles. The van der Waals surface area contributed by atoms with Crippen molar-refractivity contribution in [3.63, 3.8) is 0 Å². The van der Waals surface area contributed by atoms with Crippen molar-refractivity contribution in [1.29, 1.82) is 0 Å². The molecule has 0 aromatic carbocycles. The Bertz CT molecular complexity index is 166. The Morgan fingerprint density at radius 1 is 1.60 bits per heavy atom. The Morgan fingerprint density at radius 3 is 2.50 bits per heavy atom. The van der Waals surface area contributed by atoms with Crippen LogP contribution in [0.5, 0.6) is 0 Å². The third-order valence-electron chi connectivity index (χ3n) is 1.23. The lowest BCUT2D eigenvalue weighted by Gasteiger charge is -1.97. The van der Waals surface area contributed by atoms with Gasteiger partial charge in [0.25, 0.3) is 0 Å². The van der Waals surface area contributed by atoms with Crippen LogP contribution in [0.15, 0.2) is 29.4 Å². The highest BCUT2D eigenvalue weighted by molar-refractivity contribution is 6.03. The van der Waals surface area contributed by atoms with Crippen molar-refractivity contribution < 1.29 is 0 Å². The minimum Gasteiger partial charge on any atom is -0.392 e. The minimum atomic E-state index is 0.895. The second-order valence-corrected chi connectivity index (χ2v) is 1.93. The Kier molecular flexibility index (Phi) is 4.29. The summed E-state index contributed by atoms with van der Waals surface area (Å²) < 4.78 is 0. The molecule has 0 spiro atoms. The largest absolute Gasteiger partial charge is 0.392 e. The fourth-order valence-corrected chi connectivity index (χ4v) is 0.509. The average Bonchev–Trinajstić information content (AvgIpc) is 1.99. The van der Waals surface area contributed by atoms with Crippen molar-refractivity contribution in [2.75, 3.05) is 14.1 Å². The number of hydrogen-bond donors (Lipinski definition) is 1. The molecule has 0 amide bonds. The van der Waals surface area contributed by atoms with Crippen LogP contribution < -0.4 is 5.32 Å². The van der Waals surface area contributed by atoms with E-state index in [1.54, 1.807) is 13.1 Å². The van der Waals surface area contributed by atoms with E-state index in [1.165, 1.54) is 0 Å². The molecule has 0 unspecified atom stereocenters. The van der Waals surface area contributed by atoms with Gasteiger partial charge in [0, 0.05) is 19.8 Å². The highest BCUT2D eigenvalue weighted by Crippen LogP contribution is 1.88. The zero-order chi connectivity index (χ0) is 7.98. The maximum atomic E-state index is 3.98. The van der Waals surface area contributed by atoms with Crippen molar-refractivity contribution in [2.24, 2.45) is 4.99 Å². The van der Waals surface area contributed by atoms with Crippen LogP contribution in [-0.4, -0.2) is 19.8 Å². The summed E-state index contributed by atoms with van der Waals surface area (Å²) in [6.07, 6.45) is 3.66. The van der Waals surface area contributed by atoms with E-state index in [4.69, 9.17) is 0 Å². The van der Waals surface area contributed by atoms with Gasteiger partial charge in [-0.05, 0) is 19.1 Å². The van der Waals surface area contributed by atoms with Crippen LogP contribution >= 0.6 is 0 Å². The SMILES string of the molecule is C=CC(/C=C(/C)NC)=NC. The Hall–Kier alpha value is -1.05. The van der Waals surface area contributed by atoms with Gasteiger partial charge in [0.2, 0.25) is 0 Å². The van der Waals surface area contributed by atoms with Crippen LogP contribution in [-0.2, 0) is 0 Å². The first-order valence-corrected chi connectivity index (χ1v) is 3.20. The van der Waals surface area contributed by atoms with Crippen molar-refractivity contribution in [3.05, 3.63) is 24.4 Å². The average molecular weight is 138 g/mol. The van der Waals surface area contributed by atoms with Gasteiger partial charge in [0.15, 0.2) is 0 Å². The van der Waals surface area contributed by atoms with E-state index in [9.17, 15) is 0 Å². The van der Waals surface area contributed by atoms with Gasteiger partial charge in [-0.3, -0.25) is 4.99 Å². The fourth-order valence-electron chi connectivity index (χ4n) is 0.509. The van der Waals surface area contributed by atoms with Crippen LogP contribution in [0.1, 0.15) is 6.92 Å². The topological polar surface area (TPSA) is 24.4 Å². The van der Waals surface area contributed by atoms with Gasteiger partial charge < -0.3 is 5.32 Å². The van der Waals surface area contributed by atoms with Gasteiger partial charge in [-0.15, -0.1) is 0 Å². The smallest absolute Gasteiger partial charge is 0.0581 e. The normalized spacial score (nSPS) is 13.1. The van der Waals surface area contributed by atoms with Crippen LogP contribution in [0, 0.1) is 0 Å². The first kappa shape index (κ1) is 8.95. The number of aliphatic imine (C=N–C) groups is 1. The van der Waals surface area contributed by atoms with Crippen LogP contribution in [0.4, 0.5) is 0 Å². The van der Waals surface area contributed by atoms with E-state index in [0.29, 0.717) is 0 Å². The third-order valence-corrected chi connectivity index (χ3v) is 1.23. The first-order valence-electron chi connectivity index (χ1n) is 3.20. The monoisotopic (exact) mass is 138 g/mol. The molecule has 0 radical (unpaired) electrons. The lowest BCUT2D eigenvalue weighted by Crippen LogP contribution is -2.03. The summed E-state index contributed by atoms with van der Waals surface area (Å²) in [7, 11) is 3.62. The third kappa shape index (κ3) is 3.07. The standard InChI is InChI=1S/C8H14N2/c1-5-8(10-4)6-7(2)9-3/h5-6,9H,1H2,2-4H3/b7-6-,10-8?. The fraction of sp³-hybridized carbons (Fsp3) is 0.375. The van der Waals surface area contributed by atoms with E-state index >= 15 is 0 Å². The maximum absolute atomic E-state index is 3.98. The molecule has 0 saturated carbocycles. The molecular formula is C8H14N2. The number of allylic oxidation sites excluding steroid dienone is 3. The zero-order valence-corrected chi connectivity index (χ0v) is 6.81. The molecule has 0 aliphatic rings. The number of rotatable bonds is 3. The Morgan fingerprint density at radius 2 is 2.20 bits per heavy atom. The van der Waals surface area contributed by atoms with Crippen LogP contribution in [0.3, 0.4) is 0 Å². The van der Waals surface area contributed by atoms with Gasteiger partial charge in [-0.25, -0.2) is 0 Å². The molecule has 2 heteroatoms. The van der Waals surface area contributed by atoms with E-state index in [2.05, 4.69) is 16.9 Å². The quantitative estimate of drug-likeness (QED) is 0.585. The summed E-state index contributed by atoms with van der Waals surface area (Å²) in [6, 6.07) is 0. The molecule has 56 valence electrons. The number of nitrogens with one attached hydrogen (secondary N) is 1. The first-order chi connectivity index (χ1) is 4.74. The summed E-state index contributed by atoms with van der Waals surface area (Å²) in [5.41, 5.74) is 1.98. The molecule has 0 aliphatic carbocycles. The molecular weight excluding hydrogens is 124 g/mol. The minimum absolute atomic E-state index is 0.895. The van der Waals surface area contributed by atoms with Crippen LogP contribution in [0.25, 0.3) is 0 Å². The Balaban J connectivity index is 4.22. The molecule has 2 nitrogen and oxygen atoms in total. The summed E-state index contributed by atoms with van der Waals surface area (Å²) in [5, 5.41) is 3.00. The number of nitrogens with zero attached hydrogens (tertiary/aromatic N) is 1. The molecule has 1 N–H and O–H groups in total. The summed E-state index contributed by atoms with van der Waals surface area (Å²) >= 11 is 0. The van der Waals surface area contributed by atoms with E-state index in [0.717, 1.165) is 11.4 Å². The van der Waals surface area contributed by atoms with Gasteiger partial charge in [0.05, 0.1) is 5.71 Å². The van der Waals surface area contributed by atoms with Gasteiger partial charge in [-0.2, -0.15) is 0 Å². The number of hydrogen-bond acceptors (Lipinski definition) is 2. The lowest BCUT2D eigenvalue weighted by atomic mass is 10.3. The molecule has 0 aliphatic heterocycles. The van der Waals surface area contributed by atoms with Crippen molar-refractivity contribution in [2.45, 2.75) is 6.92 Å². The second kappa shape index (κ2) is 4.79. The zero-order valence-electron chi connectivity index (χ0n) is 6.81. The predicted molar refractivity (Wildman–Crippen MR) is 46.4 cm³/mol.